The normalized spacial score (nSPS) is 13.4. The molecule has 8 heteroatoms. The summed E-state index contributed by atoms with van der Waals surface area (Å²) >= 11 is 0. The third-order valence-electron chi connectivity index (χ3n) is 2.83. The molecule has 1 saturated carbocycles. The molecule has 3 amide bonds. The lowest BCUT2D eigenvalue weighted by molar-refractivity contribution is -0.120. The van der Waals surface area contributed by atoms with Crippen molar-refractivity contribution in [1.82, 2.24) is 10.6 Å². The average molecular weight is 295 g/mol. The first-order valence-electron chi connectivity index (χ1n) is 6.33. The molecule has 112 valence electrons. The van der Waals surface area contributed by atoms with Crippen molar-refractivity contribution in [2.45, 2.75) is 18.9 Å². The number of halogens is 1. The van der Waals surface area contributed by atoms with Crippen molar-refractivity contribution in [3.8, 4) is 0 Å². The maximum atomic E-state index is 13.4. The molecule has 21 heavy (non-hydrogen) atoms. The molecule has 0 aliphatic heterocycles. The molecule has 1 aliphatic rings. The van der Waals surface area contributed by atoms with Crippen LogP contribution in [0.3, 0.4) is 0 Å². The van der Waals surface area contributed by atoms with Gasteiger partial charge < -0.3 is 21.1 Å². The zero-order chi connectivity index (χ0) is 15.4. The van der Waals surface area contributed by atoms with Gasteiger partial charge in [-0.25, -0.2) is 14.0 Å². The van der Waals surface area contributed by atoms with E-state index in [0.29, 0.717) is 0 Å². The molecule has 2 rings (SSSR count). The predicted octanol–water partition coefficient (Wildman–Crippen LogP) is 0.924. The number of hydrogen-bond donors (Lipinski definition) is 4. The van der Waals surface area contributed by atoms with Crippen LogP contribution in [0.4, 0.5) is 14.9 Å². The van der Waals surface area contributed by atoms with E-state index in [-0.39, 0.29) is 24.2 Å². The predicted molar refractivity (Wildman–Crippen MR) is 71.5 cm³/mol. The molecule has 4 N–H and O–H groups in total. The molecule has 1 aliphatic carbocycles. The summed E-state index contributed by atoms with van der Waals surface area (Å²) in [7, 11) is 0. The van der Waals surface area contributed by atoms with E-state index < -0.39 is 23.4 Å². The first-order chi connectivity index (χ1) is 9.97. The summed E-state index contributed by atoms with van der Waals surface area (Å²) in [5.74, 6) is -2.77. The molecule has 0 spiro atoms. The number of urea groups is 1. The minimum Gasteiger partial charge on any atom is -0.478 e. The Kier molecular flexibility index (Phi) is 4.36. The Hall–Kier alpha value is -2.64. The Morgan fingerprint density at radius 2 is 2.00 bits per heavy atom. The fourth-order valence-corrected chi connectivity index (χ4v) is 1.68. The molecule has 0 atom stereocenters. The van der Waals surface area contributed by atoms with E-state index in [1.54, 1.807) is 0 Å². The Bertz CT molecular complexity index is 587. The summed E-state index contributed by atoms with van der Waals surface area (Å²) in [4.78, 5) is 33.9. The average Bonchev–Trinajstić information content (AvgIpc) is 3.20. The molecule has 0 radical (unpaired) electrons. The van der Waals surface area contributed by atoms with Crippen molar-refractivity contribution in [3.63, 3.8) is 0 Å². The van der Waals surface area contributed by atoms with Crippen molar-refractivity contribution in [1.29, 1.82) is 0 Å². The van der Waals surface area contributed by atoms with Crippen LogP contribution < -0.4 is 16.0 Å². The van der Waals surface area contributed by atoms with Crippen LogP contribution in [0.25, 0.3) is 0 Å². The van der Waals surface area contributed by atoms with E-state index >= 15 is 0 Å². The highest BCUT2D eigenvalue weighted by molar-refractivity contribution is 6.00. The summed E-state index contributed by atoms with van der Waals surface area (Å²) in [6.07, 6.45) is 1.87. The molecule has 0 heterocycles. The Labute approximate surface area is 119 Å². The van der Waals surface area contributed by atoms with E-state index in [2.05, 4.69) is 16.0 Å². The van der Waals surface area contributed by atoms with Gasteiger partial charge in [-0.1, -0.05) is 6.07 Å². The number of carboxylic acid groups (broad SMARTS) is 1. The number of amides is 3. The fraction of sp³-hybridized carbons (Fsp3) is 0.308. The molecular weight excluding hydrogens is 281 g/mol. The maximum Gasteiger partial charge on any atom is 0.340 e. The summed E-state index contributed by atoms with van der Waals surface area (Å²) in [5, 5.41) is 16.1. The maximum absolute atomic E-state index is 13.4. The number of carbonyl (C=O) groups is 3. The standard InChI is InChI=1S/C13H14FN3O4/c14-8-2-1-3-9(11(8)12(19)20)17-13(21)15-6-10(18)16-7-4-5-7/h1-3,7H,4-6H2,(H,16,18)(H,19,20)(H2,15,17,21). The second kappa shape index (κ2) is 6.21. The zero-order valence-electron chi connectivity index (χ0n) is 11.0. The van der Waals surface area contributed by atoms with Gasteiger partial charge in [0.05, 0.1) is 12.2 Å². The highest BCUT2D eigenvalue weighted by atomic mass is 19.1. The number of rotatable bonds is 5. The molecule has 7 nitrogen and oxygen atoms in total. The molecular formula is C13H14FN3O4. The van der Waals surface area contributed by atoms with Gasteiger partial charge in [0.15, 0.2) is 0 Å². The number of hydrogen-bond acceptors (Lipinski definition) is 3. The van der Waals surface area contributed by atoms with E-state index in [1.165, 1.54) is 12.1 Å². The molecule has 0 bridgehead atoms. The van der Waals surface area contributed by atoms with Crippen molar-refractivity contribution < 1.29 is 23.9 Å². The van der Waals surface area contributed by atoms with Crippen LogP contribution in [0.15, 0.2) is 18.2 Å². The van der Waals surface area contributed by atoms with Crippen molar-refractivity contribution in [2.24, 2.45) is 0 Å². The van der Waals surface area contributed by atoms with Crippen molar-refractivity contribution >= 4 is 23.6 Å². The Balaban J connectivity index is 1.91. The van der Waals surface area contributed by atoms with Gasteiger partial charge in [-0.2, -0.15) is 0 Å². The van der Waals surface area contributed by atoms with Crippen LogP contribution in [0.2, 0.25) is 0 Å². The number of anilines is 1. The minimum absolute atomic E-state index is 0.178. The third kappa shape index (κ3) is 4.16. The summed E-state index contributed by atoms with van der Waals surface area (Å²) in [6, 6.07) is 2.92. The van der Waals surface area contributed by atoms with E-state index in [1.807, 2.05) is 0 Å². The lowest BCUT2D eigenvalue weighted by Crippen LogP contribution is -2.39. The third-order valence-corrected chi connectivity index (χ3v) is 2.83. The van der Waals surface area contributed by atoms with Crippen molar-refractivity contribution in [3.05, 3.63) is 29.6 Å². The van der Waals surface area contributed by atoms with Gasteiger partial charge in [0, 0.05) is 6.04 Å². The summed E-state index contributed by atoms with van der Waals surface area (Å²) < 4.78 is 13.4. The molecule has 1 fully saturated rings. The van der Waals surface area contributed by atoms with E-state index in [0.717, 1.165) is 18.9 Å². The molecule has 0 saturated heterocycles. The van der Waals surface area contributed by atoms with Gasteiger partial charge in [0.25, 0.3) is 0 Å². The lowest BCUT2D eigenvalue weighted by atomic mass is 10.1. The van der Waals surface area contributed by atoms with Crippen LogP contribution >= 0.6 is 0 Å². The molecule has 0 unspecified atom stereocenters. The van der Waals surface area contributed by atoms with Crippen LogP contribution in [0.1, 0.15) is 23.2 Å². The smallest absolute Gasteiger partial charge is 0.340 e. The number of aromatic carboxylic acids is 1. The number of carbonyl (C=O) groups excluding carboxylic acids is 2. The highest BCUT2D eigenvalue weighted by Crippen LogP contribution is 2.19. The van der Waals surface area contributed by atoms with Crippen molar-refractivity contribution in [2.75, 3.05) is 11.9 Å². The van der Waals surface area contributed by atoms with Gasteiger partial charge in [0.1, 0.15) is 11.4 Å². The fourth-order valence-electron chi connectivity index (χ4n) is 1.68. The van der Waals surface area contributed by atoms with Gasteiger partial charge >= 0.3 is 12.0 Å². The van der Waals surface area contributed by atoms with Gasteiger partial charge in [0.2, 0.25) is 5.91 Å². The first kappa shape index (κ1) is 14.8. The van der Waals surface area contributed by atoms with Crippen LogP contribution in [-0.4, -0.2) is 35.6 Å². The topological polar surface area (TPSA) is 108 Å². The van der Waals surface area contributed by atoms with Crippen LogP contribution in [-0.2, 0) is 4.79 Å². The Morgan fingerprint density at radius 3 is 2.62 bits per heavy atom. The van der Waals surface area contributed by atoms with E-state index in [9.17, 15) is 18.8 Å². The second-order valence-corrected chi connectivity index (χ2v) is 4.62. The second-order valence-electron chi connectivity index (χ2n) is 4.62. The van der Waals surface area contributed by atoms with Crippen LogP contribution in [0, 0.1) is 5.82 Å². The number of nitrogens with one attached hydrogen (secondary N) is 3. The minimum atomic E-state index is -1.49. The molecule has 0 aromatic heterocycles. The summed E-state index contributed by atoms with van der Waals surface area (Å²) in [5.41, 5.74) is -0.808. The largest absolute Gasteiger partial charge is 0.478 e. The summed E-state index contributed by atoms with van der Waals surface area (Å²) in [6.45, 7) is -0.236. The highest BCUT2D eigenvalue weighted by Gasteiger charge is 2.23. The first-order valence-corrected chi connectivity index (χ1v) is 6.33. The van der Waals surface area contributed by atoms with Gasteiger partial charge in [-0.3, -0.25) is 4.79 Å². The Morgan fingerprint density at radius 1 is 1.29 bits per heavy atom. The monoisotopic (exact) mass is 295 g/mol. The SMILES string of the molecule is O=C(CNC(=O)Nc1cccc(F)c1C(=O)O)NC1CC1. The molecule has 1 aromatic rings. The van der Waals surface area contributed by atoms with Crippen LogP contribution in [0.5, 0.6) is 0 Å². The molecule has 1 aromatic carbocycles. The van der Waals surface area contributed by atoms with Gasteiger partial charge in [-0.05, 0) is 25.0 Å². The quantitative estimate of drug-likeness (QED) is 0.648. The number of carboxylic acids is 1. The van der Waals surface area contributed by atoms with E-state index in [4.69, 9.17) is 5.11 Å². The zero-order valence-corrected chi connectivity index (χ0v) is 11.0. The number of benzene rings is 1. The lowest BCUT2D eigenvalue weighted by Gasteiger charge is -2.10. The van der Waals surface area contributed by atoms with Gasteiger partial charge in [-0.15, -0.1) is 0 Å².